The molecule has 0 bridgehead atoms. The molecule has 0 aromatic rings. The van der Waals surface area contributed by atoms with Crippen LogP contribution in [0.2, 0.25) is 0 Å². The molecule has 0 radical (unpaired) electrons. The smallest absolute Gasteiger partial charge is 0.240 e. The zero-order valence-electron chi connectivity index (χ0n) is 12.7. The van der Waals surface area contributed by atoms with Crippen LogP contribution in [0.3, 0.4) is 0 Å². The number of amides is 1. The Labute approximate surface area is 117 Å². The van der Waals surface area contributed by atoms with Crippen molar-refractivity contribution >= 4 is 5.91 Å². The Bertz CT molecular complexity index is 300. The zero-order valence-corrected chi connectivity index (χ0v) is 12.7. The summed E-state index contributed by atoms with van der Waals surface area (Å²) in [6.07, 6.45) is 4.96. The van der Waals surface area contributed by atoms with Crippen molar-refractivity contribution in [2.75, 3.05) is 26.2 Å². The first-order chi connectivity index (χ1) is 9.08. The van der Waals surface area contributed by atoms with Crippen molar-refractivity contribution in [3.05, 3.63) is 0 Å². The number of carbonyl (C=O) groups excluding carboxylic acids is 1. The minimum absolute atomic E-state index is 0.0452. The minimum Gasteiger partial charge on any atom is -0.337 e. The minimum atomic E-state index is 0.0452. The Morgan fingerprint density at radius 1 is 1.16 bits per heavy atom. The molecule has 1 N–H and O–H groups in total. The average Bonchev–Trinajstić information content (AvgIpc) is 2.72. The van der Waals surface area contributed by atoms with Crippen molar-refractivity contribution in [1.29, 1.82) is 0 Å². The Kier molecular flexibility index (Phi) is 5.22. The van der Waals surface area contributed by atoms with E-state index in [1.165, 1.54) is 32.4 Å². The van der Waals surface area contributed by atoms with Crippen molar-refractivity contribution < 1.29 is 4.79 Å². The zero-order chi connectivity index (χ0) is 13.8. The third-order valence-electron chi connectivity index (χ3n) is 4.28. The number of nitrogens with one attached hydrogen (secondary N) is 1. The van der Waals surface area contributed by atoms with Crippen molar-refractivity contribution in [3.8, 4) is 0 Å². The van der Waals surface area contributed by atoms with Crippen molar-refractivity contribution in [1.82, 2.24) is 15.1 Å². The highest BCUT2D eigenvalue weighted by Gasteiger charge is 2.34. The van der Waals surface area contributed by atoms with E-state index in [0.717, 1.165) is 19.5 Å². The van der Waals surface area contributed by atoms with Crippen LogP contribution in [0.1, 0.15) is 46.5 Å². The van der Waals surface area contributed by atoms with E-state index < -0.39 is 0 Å². The summed E-state index contributed by atoms with van der Waals surface area (Å²) in [5.41, 5.74) is 0. The summed E-state index contributed by atoms with van der Waals surface area (Å²) in [7, 11) is 0. The highest BCUT2D eigenvalue weighted by atomic mass is 16.2. The number of hydrogen-bond donors (Lipinski definition) is 1. The van der Waals surface area contributed by atoms with E-state index >= 15 is 0 Å². The second kappa shape index (κ2) is 6.71. The number of rotatable bonds is 5. The first kappa shape index (κ1) is 14.8. The van der Waals surface area contributed by atoms with E-state index in [1.807, 2.05) is 0 Å². The van der Waals surface area contributed by atoms with E-state index in [0.29, 0.717) is 18.0 Å². The molecule has 19 heavy (non-hydrogen) atoms. The molecule has 0 saturated carbocycles. The van der Waals surface area contributed by atoms with E-state index in [1.54, 1.807) is 0 Å². The molecule has 2 unspecified atom stereocenters. The van der Waals surface area contributed by atoms with Gasteiger partial charge in [-0.15, -0.1) is 0 Å². The van der Waals surface area contributed by atoms with Gasteiger partial charge in [0.05, 0.1) is 6.04 Å². The van der Waals surface area contributed by atoms with Crippen LogP contribution in [0.5, 0.6) is 0 Å². The molecule has 2 atom stereocenters. The Morgan fingerprint density at radius 2 is 1.84 bits per heavy atom. The number of likely N-dealkylation sites (tertiary alicyclic amines) is 2. The van der Waals surface area contributed by atoms with Crippen molar-refractivity contribution in [3.63, 3.8) is 0 Å². The first-order valence-corrected chi connectivity index (χ1v) is 7.87. The van der Waals surface area contributed by atoms with Gasteiger partial charge < -0.3 is 15.1 Å². The van der Waals surface area contributed by atoms with Gasteiger partial charge in [0.15, 0.2) is 0 Å². The summed E-state index contributed by atoms with van der Waals surface area (Å²) in [6.45, 7) is 10.8. The molecule has 4 heteroatoms. The van der Waals surface area contributed by atoms with Gasteiger partial charge in [0.25, 0.3) is 0 Å². The quantitative estimate of drug-likeness (QED) is 0.819. The Morgan fingerprint density at radius 3 is 2.47 bits per heavy atom. The number of piperidine rings is 1. The van der Waals surface area contributed by atoms with Crippen LogP contribution in [-0.2, 0) is 4.79 Å². The second-order valence-electron chi connectivity index (χ2n) is 6.40. The maximum atomic E-state index is 12.4. The molecule has 2 rings (SSSR count). The van der Waals surface area contributed by atoms with Gasteiger partial charge in [-0.3, -0.25) is 4.79 Å². The fourth-order valence-corrected chi connectivity index (χ4v) is 3.31. The van der Waals surface area contributed by atoms with E-state index in [2.05, 4.69) is 35.9 Å². The van der Waals surface area contributed by atoms with Gasteiger partial charge in [-0.1, -0.05) is 20.3 Å². The molecule has 2 fully saturated rings. The summed E-state index contributed by atoms with van der Waals surface area (Å²) in [5.74, 6) is 0.304. The van der Waals surface area contributed by atoms with Crippen LogP contribution < -0.4 is 5.32 Å². The third-order valence-corrected chi connectivity index (χ3v) is 4.28. The number of nitrogens with zero attached hydrogens (tertiary/aromatic N) is 2. The molecule has 2 aliphatic heterocycles. The molecule has 4 nitrogen and oxygen atoms in total. The van der Waals surface area contributed by atoms with Crippen LogP contribution in [0.25, 0.3) is 0 Å². The van der Waals surface area contributed by atoms with Crippen LogP contribution in [0, 0.1) is 0 Å². The summed E-state index contributed by atoms with van der Waals surface area (Å²) >= 11 is 0. The molecule has 0 aromatic carbocycles. The Balaban J connectivity index is 1.82. The summed E-state index contributed by atoms with van der Waals surface area (Å²) in [5, 5.41) is 3.38. The molecule has 0 aromatic heterocycles. The predicted molar refractivity (Wildman–Crippen MR) is 78.1 cm³/mol. The Hall–Kier alpha value is -0.610. The molecule has 1 amide bonds. The van der Waals surface area contributed by atoms with E-state index in [-0.39, 0.29) is 6.04 Å². The maximum Gasteiger partial charge on any atom is 0.240 e. The molecule has 0 spiro atoms. The maximum absolute atomic E-state index is 12.4. The molecular formula is C15H29N3O. The highest BCUT2D eigenvalue weighted by Crippen LogP contribution is 2.17. The van der Waals surface area contributed by atoms with Gasteiger partial charge in [0.2, 0.25) is 5.91 Å². The van der Waals surface area contributed by atoms with Crippen LogP contribution in [0.15, 0.2) is 0 Å². The molecule has 2 heterocycles. The fraction of sp³-hybridized carbons (Fsp3) is 0.933. The highest BCUT2D eigenvalue weighted by molar-refractivity contribution is 5.84. The van der Waals surface area contributed by atoms with Crippen LogP contribution in [-0.4, -0.2) is 60.0 Å². The third kappa shape index (κ3) is 3.93. The largest absolute Gasteiger partial charge is 0.337 e. The average molecular weight is 267 g/mol. The van der Waals surface area contributed by atoms with Gasteiger partial charge in [-0.2, -0.15) is 0 Å². The van der Waals surface area contributed by atoms with E-state index in [9.17, 15) is 4.79 Å². The monoisotopic (exact) mass is 267 g/mol. The lowest BCUT2D eigenvalue weighted by atomic mass is 10.1. The lowest BCUT2D eigenvalue weighted by Gasteiger charge is -2.33. The second-order valence-corrected chi connectivity index (χ2v) is 6.40. The number of carbonyl (C=O) groups is 1. The molecular weight excluding hydrogens is 238 g/mol. The van der Waals surface area contributed by atoms with Gasteiger partial charge in [-0.25, -0.2) is 0 Å². The number of hydrogen-bond acceptors (Lipinski definition) is 3. The van der Waals surface area contributed by atoms with Crippen LogP contribution in [0.4, 0.5) is 0 Å². The van der Waals surface area contributed by atoms with Gasteiger partial charge >= 0.3 is 0 Å². The SMILES string of the molecule is CC(C)NC1CCN(C(C)CN2CCCCC2)C1=O. The van der Waals surface area contributed by atoms with Gasteiger partial charge in [0, 0.05) is 25.2 Å². The first-order valence-electron chi connectivity index (χ1n) is 7.87. The lowest BCUT2D eigenvalue weighted by Crippen LogP contribution is -2.48. The van der Waals surface area contributed by atoms with Crippen molar-refractivity contribution in [2.24, 2.45) is 0 Å². The summed E-state index contributed by atoms with van der Waals surface area (Å²) in [6, 6.07) is 0.777. The molecule has 110 valence electrons. The molecule has 2 saturated heterocycles. The fourth-order valence-electron chi connectivity index (χ4n) is 3.31. The predicted octanol–water partition coefficient (Wildman–Crippen LogP) is 1.46. The topological polar surface area (TPSA) is 35.6 Å². The summed E-state index contributed by atoms with van der Waals surface area (Å²) in [4.78, 5) is 17.0. The van der Waals surface area contributed by atoms with Crippen LogP contribution >= 0.6 is 0 Å². The lowest BCUT2D eigenvalue weighted by molar-refractivity contribution is -0.131. The molecule has 2 aliphatic rings. The normalized spacial score (nSPS) is 27.3. The molecule has 0 aliphatic carbocycles. The van der Waals surface area contributed by atoms with Crippen molar-refractivity contribution in [2.45, 2.75) is 64.6 Å². The van der Waals surface area contributed by atoms with E-state index in [4.69, 9.17) is 0 Å². The standard InChI is InChI=1S/C15H29N3O/c1-12(2)16-14-7-10-18(15(14)19)13(3)11-17-8-5-4-6-9-17/h12-14,16H,4-11H2,1-3H3. The van der Waals surface area contributed by atoms with Gasteiger partial charge in [0.1, 0.15) is 0 Å². The summed E-state index contributed by atoms with van der Waals surface area (Å²) < 4.78 is 0. The van der Waals surface area contributed by atoms with Gasteiger partial charge in [-0.05, 0) is 39.3 Å².